The summed E-state index contributed by atoms with van der Waals surface area (Å²) in [5.74, 6) is -0.320. The molecule has 1 amide bonds. The molecule has 0 saturated heterocycles. The fourth-order valence-electron chi connectivity index (χ4n) is 3.01. The van der Waals surface area contributed by atoms with Gasteiger partial charge in [-0.2, -0.15) is 0 Å². The van der Waals surface area contributed by atoms with Crippen molar-refractivity contribution in [3.63, 3.8) is 0 Å². The van der Waals surface area contributed by atoms with Crippen molar-refractivity contribution in [2.45, 2.75) is 13.5 Å². The molecule has 0 fully saturated rings. The summed E-state index contributed by atoms with van der Waals surface area (Å²) in [6.45, 7) is 1.69. The predicted octanol–water partition coefficient (Wildman–Crippen LogP) is 5.49. The molecular weight excluding hydrogens is 474 g/mol. The standard InChI is InChI=1S/C21H15BrClN3O2S/c1-12-16(23)3-2-4-17(12)25-18(27)9-26-11-24-20-19(21(26)28)15(10-29-20)13-5-7-14(22)8-6-13/h2-8,10-11H,9H2,1H3,(H,25,27). The lowest BCUT2D eigenvalue weighted by Crippen LogP contribution is -2.28. The number of fused-ring (bicyclic) bond motifs is 1. The van der Waals surface area contributed by atoms with E-state index < -0.39 is 0 Å². The van der Waals surface area contributed by atoms with Crippen LogP contribution in [0.1, 0.15) is 5.56 Å². The number of amides is 1. The third kappa shape index (κ3) is 3.99. The van der Waals surface area contributed by atoms with Gasteiger partial charge in [0, 0.05) is 26.1 Å². The highest BCUT2D eigenvalue weighted by atomic mass is 79.9. The van der Waals surface area contributed by atoms with Gasteiger partial charge in [0.05, 0.1) is 11.7 Å². The van der Waals surface area contributed by atoms with Crippen LogP contribution in [0.3, 0.4) is 0 Å². The summed E-state index contributed by atoms with van der Waals surface area (Å²) in [5.41, 5.74) is 2.90. The zero-order valence-corrected chi connectivity index (χ0v) is 18.4. The number of nitrogens with zero attached hydrogens (tertiary/aromatic N) is 2. The molecule has 4 rings (SSSR count). The third-order valence-corrected chi connectivity index (χ3v) is 6.40. The van der Waals surface area contributed by atoms with E-state index in [4.69, 9.17) is 11.6 Å². The number of thiophene rings is 1. The molecule has 0 atom stereocenters. The van der Waals surface area contributed by atoms with Crippen LogP contribution >= 0.6 is 38.9 Å². The summed E-state index contributed by atoms with van der Waals surface area (Å²) in [7, 11) is 0. The zero-order valence-electron chi connectivity index (χ0n) is 15.3. The Labute approximate surface area is 184 Å². The van der Waals surface area contributed by atoms with Crippen LogP contribution in [0.5, 0.6) is 0 Å². The normalized spacial score (nSPS) is 11.0. The van der Waals surface area contributed by atoms with Gasteiger partial charge >= 0.3 is 0 Å². The first-order valence-electron chi connectivity index (χ1n) is 8.71. The van der Waals surface area contributed by atoms with Gasteiger partial charge in [-0.05, 0) is 42.3 Å². The minimum atomic E-state index is -0.320. The number of rotatable bonds is 4. The SMILES string of the molecule is Cc1c(Cl)cccc1NC(=O)Cn1cnc2scc(-c3ccc(Br)cc3)c2c1=O. The summed E-state index contributed by atoms with van der Waals surface area (Å²) in [6, 6.07) is 13.0. The Bertz CT molecular complexity index is 1280. The number of carbonyl (C=O) groups excluding carboxylic acids is 1. The second-order valence-electron chi connectivity index (χ2n) is 6.47. The number of aromatic nitrogens is 2. The van der Waals surface area contributed by atoms with E-state index in [1.165, 1.54) is 22.2 Å². The van der Waals surface area contributed by atoms with E-state index in [0.717, 1.165) is 21.2 Å². The van der Waals surface area contributed by atoms with E-state index in [1.54, 1.807) is 18.2 Å². The minimum absolute atomic E-state index is 0.136. The largest absolute Gasteiger partial charge is 0.324 e. The first kappa shape index (κ1) is 19.8. The monoisotopic (exact) mass is 487 g/mol. The minimum Gasteiger partial charge on any atom is -0.324 e. The van der Waals surface area contributed by atoms with Crippen molar-refractivity contribution in [1.82, 2.24) is 9.55 Å². The molecule has 0 aliphatic heterocycles. The molecule has 4 aromatic rings. The van der Waals surface area contributed by atoms with Gasteiger partial charge in [-0.3, -0.25) is 14.2 Å². The Balaban J connectivity index is 1.66. The third-order valence-electron chi connectivity index (χ3n) is 4.57. The Hall–Kier alpha value is -2.48. The predicted molar refractivity (Wildman–Crippen MR) is 122 cm³/mol. The molecule has 2 heterocycles. The van der Waals surface area contributed by atoms with Crippen molar-refractivity contribution in [1.29, 1.82) is 0 Å². The van der Waals surface area contributed by atoms with E-state index >= 15 is 0 Å². The molecule has 0 aliphatic rings. The zero-order chi connectivity index (χ0) is 20.5. The lowest BCUT2D eigenvalue weighted by Gasteiger charge is -2.10. The summed E-state index contributed by atoms with van der Waals surface area (Å²) < 4.78 is 2.29. The number of halogens is 2. The summed E-state index contributed by atoms with van der Waals surface area (Å²) >= 11 is 10.9. The van der Waals surface area contributed by atoms with Gasteiger partial charge in [0.25, 0.3) is 5.56 Å². The fourth-order valence-corrected chi connectivity index (χ4v) is 4.35. The second-order valence-corrected chi connectivity index (χ2v) is 8.66. The molecule has 5 nitrogen and oxygen atoms in total. The molecule has 0 saturated carbocycles. The molecule has 29 heavy (non-hydrogen) atoms. The summed E-state index contributed by atoms with van der Waals surface area (Å²) in [4.78, 5) is 30.6. The van der Waals surface area contributed by atoms with Crippen molar-refractivity contribution in [3.05, 3.63) is 79.6 Å². The maximum atomic E-state index is 13.1. The van der Waals surface area contributed by atoms with Gasteiger partial charge in [-0.25, -0.2) is 4.98 Å². The smallest absolute Gasteiger partial charge is 0.263 e. The topological polar surface area (TPSA) is 64.0 Å². The molecule has 2 aromatic heterocycles. The van der Waals surface area contributed by atoms with Crippen LogP contribution in [-0.4, -0.2) is 15.5 Å². The van der Waals surface area contributed by atoms with Crippen LogP contribution in [0.15, 0.2) is 63.4 Å². The summed E-state index contributed by atoms with van der Waals surface area (Å²) in [5, 5.41) is 5.82. The van der Waals surface area contributed by atoms with Gasteiger partial charge in [0.15, 0.2) is 0 Å². The van der Waals surface area contributed by atoms with Crippen molar-refractivity contribution < 1.29 is 4.79 Å². The van der Waals surface area contributed by atoms with Crippen LogP contribution in [0.25, 0.3) is 21.3 Å². The highest BCUT2D eigenvalue weighted by Gasteiger charge is 2.15. The molecule has 8 heteroatoms. The van der Waals surface area contributed by atoms with E-state index in [9.17, 15) is 9.59 Å². The van der Waals surface area contributed by atoms with Crippen LogP contribution in [0.2, 0.25) is 5.02 Å². The Kier molecular flexibility index (Phi) is 5.54. The number of hydrogen-bond donors (Lipinski definition) is 1. The Morgan fingerprint density at radius 2 is 2.00 bits per heavy atom. The average Bonchev–Trinajstić information content (AvgIpc) is 3.13. The maximum absolute atomic E-state index is 13.1. The van der Waals surface area contributed by atoms with Gasteiger partial charge in [-0.1, -0.05) is 45.7 Å². The quantitative estimate of drug-likeness (QED) is 0.413. The van der Waals surface area contributed by atoms with Crippen LogP contribution < -0.4 is 10.9 Å². The Morgan fingerprint density at radius 1 is 1.24 bits per heavy atom. The molecule has 0 aliphatic carbocycles. The first-order chi connectivity index (χ1) is 13.9. The van der Waals surface area contributed by atoms with Crippen molar-refractivity contribution in [2.75, 3.05) is 5.32 Å². The molecule has 2 aromatic carbocycles. The van der Waals surface area contributed by atoms with Gasteiger partial charge in [0.1, 0.15) is 11.4 Å². The van der Waals surface area contributed by atoms with Crippen LogP contribution in [-0.2, 0) is 11.3 Å². The molecule has 0 bridgehead atoms. The van der Waals surface area contributed by atoms with Gasteiger partial charge in [0.2, 0.25) is 5.91 Å². The fraction of sp³-hybridized carbons (Fsp3) is 0.0952. The molecule has 0 unspecified atom stereocenters. The summed E-state index contributed by atoms with van der Waals surface area (Å²) in [6.07, 6.45) is 1.41. The highest BCUT2D eigenvalue weighted by Crippen LogP contribution is 2.31. The van der Waals surface area contributed by atoms with Gasteiger partial charge in [-0.15, -0.1) is 11.3 Å². The number of hydrogen-bond acceptors (Lipinski definition) is 4. The molecule has 1 N–H and O–H groups in total. The second kappa shape index (κ2) is 8.10. The van der Waals surface area contributed by atoms with Crippen molar-refractivity contribution in [2.24, 2.45) is 0 Å². The lowest BCUT2D eigenvalue weighted by atomic mass is 10.1. The molecule has 146 valence electrons. The molecule has 0 spiro atoms. The van der Waals surface area contributed by atoms with Crippen molar-refractivity contribution in [3.8, 4) is 11.1 Å². The van der Waals surface area contributed by atoms with E-state index in [1.807, 2.05) is 36.6 Å². The first-order valence-corrected chi connectivity index (χ1v) is 10.8. The number of carbonyl (C=O) groups is 1. The van der Waals surface area contributed by atoms with Crippen molar-refractivity contribution >= 4 is 60.7 Å². The van der Waals surface area contributed by atoms with E-state index in [-0.39, 0.29) is 18.0 Å². The number of benzene rings is 2. The number of nitrogens with one attached hydrogen (secondary N) is 1. The van der Waals surface area contributed by atoms with E-state index in [0.29, 0.717) is 20.9 Å². The van der Waals surface area contributed by atoms with Gasteiger partial charge < -0.3 is 5.32 Å². The van der Waals surface area contributed by atoms with E-state index in [2.05, 4.69) is 26.2 Å². The molecular formula is C21H15BrClN3O2S. The average molecular weight is 489 g/mol. The Morgan fingerprint density at radius 3 is 2.76 bits per heavy atom. The maximum Gasteiger partial charge on any atom is 0.263 e. The lowest BCUT2D eigenvalue weighted by molar-refractivity contribution is -0.116. The highest BCUT2D eigenvalue weighted by molar-refractivity contribution is 9.10. The molecule has 0 radical (unpaired) electrons. The number of anilines is 1. The van der Waals surface area contributed by atoms with Crippen LogP contribution in [0, 0.1) is 6.92 Å². The van der Waals surface area contributed by atoms with Crippen LogP contribution in [0.4, 0.5) is 5.69 Å².